The Hall–Kier alpha value is -2.63. The van der Waals surface area contributed by atoms with Crippen LogP contribution in [0.2, 0.25) is 0 Å². The number of piperidine rings is 1. The predicted octanol–water partition coefficient (Wildman–Crippen LogP) is 2.67. The summed E-state index contributed by atoms with van der Waals surface area (Å²) >= 11 is 0. The fraction of sp³-hybridized carbons (Fsp3) is 0.353. The van der Waals surface area contributed by atoms with Crippen LogP contribution in [0.3, 0.4) is 0 Å². The van der Waals surface area contributed by atoms with Crippen molar-refractivity contribution in [2.75, 3.05) is 13.1 Å². The molecule has 3 rings (SSSR count). The van der Waals surface area contributed by atoms with E-state index >= 15 is 0 Å². The number of carboxylic acid groups (broad SMARTS) is 1. The van der Waals surface area contributed by atoms with Crippen LogP contribution < -0.4 is 0 Å². The Bertz CT molecular complexity index is 725. The molecule has 0 radical (unpaired) electrons. The van der Waals surface area contributed by atoms with Gasteiger partial charge in [-0.1, -0.05) is 18.2 Å². The zero-order chi connectivity index (χ0) is 16.4. The number of likely N-dealkylation sites (tertiary alicyclic amines) is 1. The fourth-order valence-corrected chi connectivity index (χ4v) is 2.83. The second kappa shape index (κ2) is 5.87. The average molecular weight is 314 g/mol. The first-order valence-corrected chi connectivity index (χ1v) is 7.53. The SMILES string of the molecule is CC1(C(=O)O)CCCN(C(=O)c2coc(-c3ccccc3)n2)C1. The number of carboxylic acids is 1. The first-order valence-electron chi connectivity index (χ1n) is 7.53. The molecule has 1 atom stereocenters. The van der Waals surface area contributed by atoms with Crippen molar-refractivity contribution < 1.29 is 19.1 Å². The highest BCUT2D eigenvalue weighted by Crippen LogP contribution is 2.30. The van der Waals surface area contributed by atoms with E-state index in [1.165, 1.54) is 6.26 Å². The van der Waals surface area contributed by atoms with Crippen molar-refractivity contribution in [2.45, 2.75) is 19.8 Å². The van der Waals surface area contributed by atoms with Gasteiger partial charge in [0, 0.05) is 18.7 Å². The standard InChI is InChI=1S/C17H18N2O4/c1-17(16(21)22)8-5-9-19(11-17)15(20)13-10-23-14(18-13)12-6-3-2-4-7-12/h2-4,6-7,10H,5,8-9,11H2,1H3,(H,21,22). The Balaban J connectivity index is 1.79. The van der Waals surface area contributed by atoms with Gasteiger partial charge < -0.3 is 14.4 Å². The molecule has 120 valence electrons. The number of rotatable bonds is 3. The van der Waals surface area contributed by atoms with E-state index in [1.54, 1.807) is 11.8 Å². The lowest BCUT2D eigenvalue weighted by atomic mass is 9.82. The molecule has 0 bridgehead atoms. The number of amides is 1. The molecule has 1 unspecified atom stereocenters. The largest absolute Gasteiger partial charge is 0.481 e. The van der Waals surface area contributed by atoms with Crippen LogP contribution in [0.5, 0.6) is 0 Å². The van der Waals surface area contributed by atoms with Crippen molar-refractivity contribution in [2.24, 2.45) is 5.41 Å². The summed E-state index contributed by atoms with van der Waals surface area (Å²) in [6, 6.07) is 9.32. The van der Waals surface area contributed by atoms with E-state index in [4.69, 9.17) is 4.42 Å². The summed E-state index contributed by atoms with van der Waals surface area (Å²) in [6.07, 6.45) is 2.56. The number of aliphatic carboxylic acids is 1. The van der Waals surface area contributed by atoms with E-state index in [2.05, 4.69) is 4.98 Å². The van der Waals surface area contributed by atoms with Crippen LogP contribution in [-0.4, -0.2) is 40.0 Å². The number of hydrogen-bond donors (Lipinski definition) is 1. The van der Waals surface area contributed by atoms with Gasteiger partial charge in [0.15, 0.2) is 5.69 Å². The van der Waals surface area contributed by atoms with Crippen LogP contribution in [0.15, 0.2) is 41.0 Å². The summed E-state index contributed by atoms with van der Waals surface area (Å²) < 4.78 is 5.39. The first-order chi connectivity index (χ1) is 11.0. The van der Waals surface area contributed by atoms with Crippen molar-refractivity contribution in [1.29, 1.82) is 0 Å². The molecule has 1 saturated heterocycles. The number of carbonyl (C=O) groups excluding carboxylic acids is 1. The molecule has 6 heteroatoms. The molecule has 1 amide bonds. The molecule has 0 saturated carbocycles. The topological polar surface area (TPSA) is 83.6 Å². The molecule has 23 heavy (non-hydrogen) atoms. The van der Waals surface area contributed by atoms with Crippen molar-refractivity contribution in [1.82, 2.24) is 9.88 Å². The molecule has 1 aliphatic heterocycles. The molecule has 6 nitrogen and oxygen atoms in total. The Morgan fingerprint density at radius 2 is 2.04 bits per heavy atom. The van der Waals surface area contributed by atoms with Gasteiger partial charge in [-0.15, -0.1) is 0 Å². The van der Waals surface area contributed by atoms with Crippen LogP contribution >= 0.6 is 0 Å². The van der Waals surface area contributed by atoms with Gasteiger partial charge in [0.05, 0.1) is 5.41 Å². The molecule has 2 heterocycles. The minimum absolute atomic E-state index is 0.189. The normalized spacial score (nSPS) is 21.2. The molecule has 0 spiro atoms. The lowest BCUT2D eigenvalue weighted by Gasteiger charge is -2.37. The highest BCUT2D eigenvalue weighted by molar-refractivity contribution is 5.93. The van der Waals surface area contributed by atoms with Crippen molar-refractivity contribution >= 4 is 11.9 Å². The molecule has 2 aromatic rings. The van der Waals surface area contributed by atoms with Crippen molar-refractivity contribution in [3.8, 4) is 11.5 Å². The third-order valence-corrected chi connectivity index (χ3v) is 4.24. The van der Waals surface area contributed by atoms with Crippen LogP contribution in [0.1, 0.15) is 30.3 Å². The Labute approximate surface area is 133 Å². The van der Waals surface area contributed by atoms with Gasteiger partial charge in [-0.25, -0.2) is 4.98 Å². The van der Waals surface area contributed by atoms with Gasteiger partial charge in [0.1, 0.15) is 6.26 Å². The number of carbonyl (C=O) groups is 2. The monoisotopic (exact) mass is 314 g/mol. The van der Waals surface area contributed by atoms with Gasteiger partial charge in [-0.05, 0) is 31.9 Å². The number of aromatic nitrogens is 1. The van der Waals surface area contributed by atoms with Gasteiger partial charge in [0.25, 0.3) is 5.91 Å². The summed E-state index contributed by atoms with van der Waals surface area (Å²) in [5, 5.41) is 9.35. The number of hydrogen-bond acceptors (Lipinski definition) is 4. The minimum atomic E-state index is -0.903. The van der Waals surface area contributed by atoms with Gasteiger partial charge in [-0.3, -0.25) is 9.59 Å². The lowest BCUT2D eigenvalue weighted by Crippen LogP contribution is -2.48. The van der Waals surface area contributed by atoms with Crippen molar-refractivity contribution in [3.05, 3.63) is 42.3 Å². The zero-order valence-corrected chi connectivity index (χ0v) is 12.9. The number of oxazole rings is 1. The Kier molecular flexibility index (Phi) is 3.90. The van der Waals surface area contributed by atoms with Crippen molar-refractivity contribution in [3.63, 3.8) is 0 Å². The third kappa shape index (κ3) is 2.97. The summed E-state index contributed by atoms with van der Waals surface area (Å²) in [4.78, 5) is 29.8. The fourth-order valence-electron chi connectivity index (χ4n) is 2.83. The quantitative estimate of drug-likeness (QED) is 0.941. The second-order valence-corrected chi connectivity index (χ2v) is 6.10. The zero-order valence-electron chi connectivity index (χ0n) is 12.9. The molecule has 1 fully saturated rings. The highest BCUT2D eigenvalue weighted by Gasteiger charge is 2.40. The van der Waals surface area contributed by atoms with Crippen LogP contribution in [0.4, 0.5) is 0 Å². The molecule has 1 N–H and O–H groups in total. The first kappa shape index (κ1) is 15.3. The van der Waals surface area contributed by atoms with Crippen LogP contribution in [-0.2, 0) is 4.79 Å². The second-order valence-electron chi connectivity index (χ2n) is 6.10. The molecular formula is C17H18N2O4. The van der Waals surface area contributed by atoms with Gasteiger partial charge in [-0.2, -0.15) is 0 Å². The van der Waals surface area contributed by atoms with E-state index in [-0.39, 0.29) is 18.1 Å². The predicted molar refractivity (Wildman–Crippen MR) is 82.8 cm³/mol. The maximum atomic E-state index is 12.6. The smallest absolute Gasteiger partial charge is 0.311 e. The highest BCUT2D eigenvalue weighted by atomic mass is 16.4. The van der Waals surface area contributed by atoms with E-state index < -0.39 is 11.4 Å². The molecule has 0 aliphatic carbocycles. The molecule has 1 aliphatic rings. The molecule has 1 aromatic carbocycles. The molecular weight excluding hydrogens is 296 g/mol. The summed E-state index contributed by atoms with van der Waals surface area (Å²) in [5.74, 6) is -0.782. The van der Waals surface area contributed by atoms with E-state index in [0.29, 0.717) is 25.3 Å². The van der Waals surface area contributed by atoms with E-state index in [0.717, 1.165) is 5.56 Å². The lowest BCUT2D eigenvalue weighted by molar-refractivity contribution is -0.150. The Morgan fingerprint density at radius 1 is 1.30 bits per heavy atom. The Morgan fingerprint density at radius 3 is 2.74 bits per heavy atom. The minimum Gasteiger partial charge on any atom is -0.481 e. The van der Waals surface area contributed by atoms with Crippen LogP contribution in [0, 0.1) is 5.41 Å². The number of nitrogens with zero attached hydrogens (tertiary/aromatic N) is 2. The van der Waals surface area contributed by atoms with E-state index in [9.17, 15) is 14.7 Å². The van der Waals surface area contributed by atoms with E-state index in [1.807, 2.05) is 30.3 Å². The summed E-state index contributed by atoms with van der Waals surface area (Å²) in [6.45, 7) is 2.40. The maximum absolute atomic E-state index is 12.6. The average Bonchev–Trinajstić information content (AvgIpc) is 3.05. The van der Waals surface area contributed by atoms with Gasteiger partial charge >= 0.3 is 5.97 Å². The third-order valence-electron chi connectivity index (χ3n) is 4.24. The summed E-state index contributed by atoms with van der Waals surface area (Å²) in [5.41, 5.74) is 0.0963. The van der Waals surface area contributed by atoms with Crippen LogP contribution in [0.25, 0.3) is 11.5 Å². The molecule has 1 aromatic heterocycles. The number of benzene rings is 1. The van der Waals surface area contributed by atoms with Gasteiger partial charge in [0.2, 0.25) is 5.89 Å². The maximum Gasteiger partial charge on any atom is 0.311 e. The summed E-state index contributed by atoms with van der Waals surface area (Å²) in [7, 11) is 0.